The Morgan fingerprint density at radius 1 is 0.950 bits per heavy atom. The summed E-state index contributed by atoms with van der Waals surface area (Å²) in [6.07, 6.45) is 3.29. The lowest BCUT2D eigenvalue weighted by molar-refractivity contribution is 0.724. The van der Waals surface area contributed by atoms with Crippen molar-refractivity contribution in [2.24, 2.45) is 0 Å². The molecule has 3 heterocycles. The molecule has 102 valence electrons. The molecule has 4 nitrogen and oxygen atoms in total. The van der Waals surface area contributed by atoms with Crippen molar-refractivity contribution in [3.05, 3.63) is 42.6 Å². The lowest BCUT2D eigenvalue weighted by atomic mass is 10.3. The van der Waals surface area contributed by atoms with E-state index in [1.807, 2.05) is 0 Å². The van der Waals surface area contributed by atoms with E-state index in [1.54, 1.807) is 0 Å². The first kappa shape index (κ1) is 11.7. The zero-order valence-electron chi connectivity index (χ0n) is 11.4. The van der Waals surface area contributed by atoms with Crippen LogP contribution in [0.3, 0.4) is 0 Å². The second-order valence-electron chi connectivity index (χ2n) is 5.28. The van der Waals surface area contributed by atoms with E-state index in [9.17, 15) is 0 Å². The standard InChI is InChI=1S/C16H18N4/c1-2-6-14-13(5-1)18-16(15-7-3-11-20(14)15)19-10-4-8-17-9-12-19/h1-3,5-7,11,17H,4,8-10,12H2. The number of nitrogens with one attached hydrogen (secondary N) is 1. The Bertz CT molecular complexity index is 738. The quantitative estimate of drug-likeness (QED) is 0.733. The average Bonchev–Trinajstić information content (AvgIpc) is 2.82. The first-order valence-electron chi connectivity index (χ1n) is 7.25. The number of para-hydroxylation sites is 2. The Morgan fingerprint density at radius 2 is 1.85 bits per heavy atom. The summed E-state index contributed by atoms with van der Waals surface area (Å²) in [5.74, 6) is 1.11. The average molecular weight is 266 g/mol. The van der Waals surface area contributed by atoms with E-state index in [1.165, 1.54) is 17.5 Å². The van der Waals surface area contributed by atoms with Gasteiger partial charge in [-0.25, -0.2) is 4.98 Å². The van der Waals surface area contributed by atoms with Gasteiger partial charge in [-0.15, -0.1) is 0 Å². The van der Waals surface area contributed by atoms with Crippen LogP contribution in [0.2, 0.25) is 0 Å². The zero-order valence-corrected chi connectivity index (χ0v) is 11.4. The topological polar surface area (TPSA) is 32.6 Å². The van der Waals surface area contributed by atoms with Crippen LogP contribution in [0.1, 0.15) is 6.42 Å². The highest BCUT2D eigenvalue weighted by atomic mass is 15.2. The number of hydrogen-bond acceptors (Lipinski definition) is 3. The number of nitrogens with zero attached hydrogens (tertiary/aromatic N) is 3. The molecule has 0 amide bonds. The van der Waals surface area contributed by atoms with E-state index in [4.69, 9.17) is 4.98 Å². The molecule has 0 saturated carbocycles. The number of hydrogen-bond donors (Lipinski definition) is 1. The maximum Gasteiger partial charge on any atom is 0.153 e. The van der Waals surface area contributed by atoms with Crippen LogP contribution in [0.4, 0.5) is 5.82 Å². The van der Waals surface area contributed by atoms with E-state index < -0.39 is 0 Å². The number of rotatable bonds is 1. The summed E-state index contributed by atoms with van der Waals surface area (Å²) in [7, 11) is 0. The summed E-state index contributed by atoms with van der Waals surface area (Å²) >= 11 is 0. The van der Waals surface area contributed by atoms with Crippen molar-refractivity contribution in [2.45, 2.75) is 6.42 Å². The molecule has 0 radical (unpaired) electrons. The number of fused-ring (bicyclic) bond motifs is 3. The monoisotopic (exact) mass is 266 g/mol. The maximum absolute atomic E-state index is 4.92. The molecule has 0 spiro atoms. The van der Waals surface area contributed by atoms with Gasteiger partial charge in [0.25, 0.3) is 0 Å². The summed E-state index contributed by atoms with van der Waals surface area (Å²) in [6.45, 7) is 4.22. The first-order chi connectivity index (χ1) is 9.93. The molecular formula is C16H18N4. The third-order valence-corrected chi connectivity index (χ3v) is 3.99. The van der Waals surface area contributed by atoms with Crippen molar-refractivity contribution in [3.8, 4) is 0 Å². The summed E-state index contributed by atoms with van der Waals surface area (Å²) in [4.78, 5) is 7.32. The fourth-order valence-corrected chi connectivity index (χ4v) is 3.00. The van der Waals surface area contributed by atoms with Crippen LogP contribution in [0.5, 0.6) is 0 Å². The van der Waals surface area contributed by atoms with Gasteiger partial charge in [0, 0.05) is 25.8 Å². The molecule has 0 unspecified atom stereocenters. The fourth-order valence-electron chi connectivity index (χ4n) is 3.00. The van der Waals surface area contributed by atoms with Crippen LogP contribution in [-0.4, -0.2) is 35.6 Å². The second-order valence-corrected chi connectivity index (χ2v) is 5.28. The smallest absolute Gasteiger partial charge is 0.153 e. The molecule has 2 aromatic heterocycles. The molecule has 4 heteroatoms. The minimum absolute atomic E-state index is 1.02. The SMILES string of the molecule is c1ccc2c(c1)nc(N1CCCNCC1)c1cccn12. The normalized spacial score (nSPS) is 16.7. The van der Waals surface area contributed by atoms with Gasteiger partial charge in [-0.3, -0.25) is 0 Å². The Morgan fingerprint density at radius 3 is 2.85 bits per heavy atom. The summed E-state index contributed by atoms with van der Waals surface area (Å²) < 4.78 is 2.25. The van der Waals surface area contributed by atoms with Gasteiger partial charge >= 0.3 is 0 Å². The van der Waals surface area contributed by atoms with E-state index in [0.29, 0.717) is 0 Å². The van der Waals surface area contributed by atoms with E-state index in [-0.39, 0.29) is 0 Å². The molecular weight excluding hydrogens is 248 g/mol. The van der Waals surface area contributed by atoms with Gasteiger partial charge < -0.3 is 14.6 Å². The number of aromatic nitrogens is 2. The van der Waals surface area contributed by atoms with E-state index in [2.05, 4.69) is 57.2 Å². The highest BCUT2D eigenvalue weighted by molar-refractivity contribution is 5.85. The Kier molecular flexibility index (Phi) is 2.81. The van der Waals surface area contributed by atoms with Gasteiger partial charge in [0.05, 0.1) is 16.6 Å². The Hall–Kier alpha value is -2.07. The zero-order chi connectivity index (χ0) is 13.4. The predicted molar refractivity (Wildman–Crippen MR) is 82.4 cm³/mol. The molecule has 1 fully saturated rings. The molecule has 1 aliphatic rings. The summed E-state index contributed by atoms with van der Waals surface area (Å²) in [5, 5.41) is 3.45. The minimum Gasteiger partial charge on any atom is -0.354 e. The Balaban J connectivity index is 1.94. The third kappa shape index (κ3) is 1.84. The van der Waals surface area contributed by atoms with Crippen LogP contribution < -0.4 is 10.2 Å². The highest BCUT2D eigenvalue weighted by Gasteiger charge is 2.15. The minimum atomic E-state index is 1.02. The molecule has 3 aromatic rings. The highest BCUT2D eigenvalue weighted by Crippen LogP contribution is 2.25. The molecule has 0 aliphatic carbocycles. The van der Waals surface area contributed by atoms with Gasteiger partial charge in [0.2, 0.25) is 0 Å². The molecule has 1 aromatic carbocycles. The maximum atomic E-state index is 4.92. The van der Waals surface area contributed by atoms with Crippen LogP contribution in [0.15, 0.2) is 42.6 Å². The lowest BCUT2D eigenvalue weighted by Gasteiger charge is -2.22. The third-order valence-electron chi connectivity index (χ3n) is 3.99. The van der Waals surface area contributed by atoms with Gasteiger partial charge in [-0.1, -0.05) is 12.1 Å². The first-order valence-corrected chi connectivity index (χ1v) is 7.25. The van der Waals surface area contributed by atoms with Crippen LogP contribution in [0, 0.1) is 0 Å². The van der Waals surface area contributed by atoms with Crippen molar-refractivity contribution >= 4 is 22.4 Å². The molecule has 4 rings (SSSR count). The number of benzene rings is 1. The molecule has 1 aliphatic heterocycles. The van der Waals surface area contributed by atoms with E-state index in [0.717, 1.165) is 37.5 Å². The fraction of sp³-hybridized carbons (Fsp3) is 0.312. The van der Waals surface area contributed by atoms with Crippen LogP contribution in [-0.2, 0) is 0 Å². The van der Waals surface area contributed by atoms with Gasteiger partial charge in [0.1, 0.15) is 0 Å². The summed E-state index contributed by atoms with van der Waals surface area (Å²) in [5.41, 5.74) is 3.43. The lowest BCUT2D eigenvalue weighted by Crippen LogP contribution is -2.29. The predicted octanol–water partition coefficient (Wildman–Crippen LogP) is 2.29. The molecule has 1 saturated heterocycles. The van der Waals surface area contributed by atoms with Gasteiger partial charge in [0.15, 0.2) is 5.82 Å². The van der Waals surface area contributed by atoms with Gasteiger partial charge in [-0.2, -0.15) is 0 Å². The molecule has 0 atom stereocenters. The van der Waals surface area contributed by atoms with Crippen LogP contribution in [0.25, 0.3) is 16.6 Å². The molecule has 0 bridgehead atoms. The van der Waals surface area contributed by atoms with Crippen LogP contribution >= 0.6 is 0 Å². The largest absolute Gasteiger partial charge is 0.354 e. The molecule has 20 heavy (non-hydrogen) atoms. The second kappa shape index (κ2) is 4.80. The van der Waals surface area contributed by atoms with Crippen molar-refractivity contribution in [1.29, 1.82) is 0 Å². The van der Waals surface area contributed by atoms with Gasteiger partial charge in [-0.05, 0) is 37.2 Å². The number of anilines is 1. The van der Waals surface area contributed by atoms with Crippen molar-refractivity contribution in [1.82, 2.24) is 14.7 Å². The van der Waals surface area contributed by atoms with Crippen molar-refractivity contribution in [2.75, 3.05) is 31.1 Å². The molecule has 1 N–H and O–H groups in total. The van der Waals surface area contributed by atoms with Crippen molar-refractivity contribution in [3.63, 3.8) is 0 Å². The summed E-state index contributed by atoms with van der Waals surface area (Å²) in [6, 6.07) is 12.6. The van der Waals surface area contributed by atoms with Crippen molar-refractivity contribution < 1.29 is 0 Å². The Labute approximate surface area is 118 Å². The van der Waals surface area contributed by atoms with E-state index >= 15 is 0 Å².